The Kier molecular flexibility index (Phi) is 4.22. The fourth-order valence-corrected chi connectivity index (χ4v) is 3.48. The zero-order valence-electron chi connectivity index (χ0n) is 13.9. The molecule has 2 heterocycles. The summed E-state index contributed by atoms with van der Waals surface area (Å²) in [7, 11) is 0. The standard InChI is InChI=1S/C20H20FN3O/c21-16-6-2-4-8-18(16)22-15-9-11-24(12-10-15)20-19(25)13-14-5-1-3-7-17(14)23-20/h1-8,15,22H,9-13H2. The molecular formula is C20H20FN3O. The number of aliphatic imine (C=N–C) groups is 1. The first-order valence-electron chi connectivity index (χ1n) is 8.66. The van der Waals surface area contributed by atoms with Crippen molar-refractivity contribution in [2.75, 3.05) is 18.4 Å². The predicted molar refractivity (Wildman–Crippen MR) is 96.9 cm³/mol. The Hall–Kier alpha value is -2.69. The molecule has 2 aliphatic heterocycles. The van der Waals surface area contributed by atoms with Crippen LogP contribution >= 0.6 is 0 Å². The Morgan fingerprint density at radius 3 is 2.56 bits per heavy atom. The predicted octanol–water partition coefficient (Wildman–Crippen LogP) is 3.56. The van der Waals surface area contributed by atoms with E-state index in [1.54, 1.807) is 12.1 Å². The smallest absolute Gasteiger partial charge is 0.202 e. The van der Waals surface area contributed by atoms with E-state index in [0.717, 1.165) is 37.2 Å². The summed E-state index contributed by atoms with van der Waals surface area (Å²) in [6.07, 6.45) is 2.12. The number of halogens is 1. The maximum Gasteiger partial charge on any atom is 0.202 e. The first-order chi connectivity index (χ1) is 12.2. The number of nitrogens with one attached hydrogen (secondary N) is 1. The zero-order valence-corrected chi connectivity index (χ0v) is 13.9. The summed E-state index contributed by atoms with van der Waals surface area (Å²) in [6, 6.07) is 14.7. The van der Waals surface area contributed by atoms with Gasteiger partial charge in [0.25, 0.3) is 0 Å². The number of Topliss-reactive ketones (excluding diaryl/α,β-unsaturated/α-hetero) is 1. The van der Waals surface area contributed by atoms with Crippen LogP contribution in [-0.4, -0.2) is 35.7 Å². The van der Waals surface area contributed by atoms with Gasteiger partial charge in [0.2, 0.25) is 5.78 Å². The van der Waals surface area contributed by atoms with Gasteiger partial charge in [0.15, 0.2) is 5.84 Å². The van der Waals surface area contributed by atoms with Gasteiger partial charge >= 0.3 is 0 Å². The second kappa shape index (κ2) is 6.67. The molecule has 1 saturated heterocycles. The van der Waals surface area contributed by atoms with Crippen molar-refractivity contribution in [3.05, 3.63) is 59.9 Å². The molecule has 0 aliphatic carbocycles. The molecule has 2 aliphatic rings. The van der Waals surface area contributed by atoms with Crippen LogP contribution in [0.4, 0.5) is 15.8 Å². The van der Waals surface area contributed by atoms with Gasteiger partial charge in [-0.2, -0.15) is 0 Å². The van der Waals surface area contributed by atoms with Gasteiger partial charge in [0, 0.05) is 25.6 Å². The van der Waals surface area contributed by atoms with E-state index in [9.17, 15) is 9.18 Å². The van der Waals surface area contributed by atoms with Crippen LogP contribution in [0.3, 0.4) is 0 Å². The van der Waals surface area contributed by atoms with Crippen molar-refractivity contribution in [2.24, 2.45) is 4.99 Å². The molecule has 2 aromatic rings. The lowest BCUT2D eigenvalue weighted by atomic mass is 10.00. The Balaban J connectivity index is 1.43. The molecule has 2 aromatic carbocycles. The number of carbonyl (C=O) groups excluding carboxylic acids is 1. The summed E-state index contributed by atoms with van der Waals surface area (Å²) in [4.78, 5) is 19.1. The van der Waals surface area contributed by atoms with Crippen LogP contribution in [0.25, 0.3) is 0 Å². The van der Waals surface area contributed by atoms with E-state index in [-0.39, 0.29) is 17.6 Å². The fourth-order valence-electron chi connectivity index (χ4n) is 3.48. The molecule has 0 atom stereocenters. The number of piperidine rings is 1. The second-order valence-electron chi connectivity index (χ2n) is 6.55. The minimum atomic E-state index is -0.228. The third kappa shape index (κ3) is 3.27. The van der Waals surface area contributed by atoms with Crippen molar-refractivity contribution in [1.29, 1.82) is 0 Å². The monoisotopic (exact) mass is 337 g/mol. The van der Waals surface area contributed by atoms with E-state index in [1.807, 2.05) is 30.3 Å². The van der Waals surface area contributed by atoms with Crippen molar-refractivity contribution >= 4 is 23.0 Å². The molecule has 0 radical (unpaired) electrons. The van der Waals surface area contributed by atoms with E-state index >= 15 is 0 Å². The number of rotatable bonds is 2. The van der Waals surface area contributed by atoms with Crippen LogP contribution in [0.15, 0.2) is 53.5 Å². The molecule has 1 N–H and O–H groups in total. The van der Waals surface area contributed by atoms with E-state index in [0.29, 0.717) is 17.9 Å². The van der Waals surface area contributed by atoms with Gasteiger partial charge < -0.3 is 10.2 Å². The molecule has 4 nitrogen and oxygen atoms in total. The minimum absolute atomic E-state index is 0.0826. The first kappa shape index (κ1) is 15.8. The maximum absolute atomic E-state index is 13.8. The average Bonchev–Trinajstić information content (AvgIpc) is 2.64. The molecule has 25 heavy (non-hydrogen) atoms. The van der Waals surface area contributed by atoms with Gasteiger partial charge in [0.1, 0.15) is 5.82 Å². The Labute approximate surface area is 146 Å². The topological polar surface area (TPSA) is 44.7 Å². The molecule has 0 saturated carbocycles. The number of hydrogen-bond donors (Lipinski definition) is 1. The highest BCUT2D eigenvalue weighted by molar-refractivity contribution is 6.40. The minimum Gasteiger partial charge on any atom is -0.380 e. The van der Waals surface area contributed by atoms with Gasteiger partial charge in [-0.15, -0.1) is 0 Å². The van der Waals surface area contributed by atoms with Gasteiger partial charge in [0.05, 0.1) is 11.4 Å². The summed E-state index contributed by atoms with van der Waals surface area (Å²) in [5.74, 6) is 0.427. The van der Waals surface area contributed by atoms with Crippen molar-refractivity contribution in [3.8, 4) is 0 Å². The lowest BCUT2D eigenvalue weighted by molar-refractivity contribution is -0.113. The van der Waals surface area contributed by atoms with E-state index in [1.165, 1.54) is 6.07 Å². The van der Waals surface area contributed by atoms with Gasteiger partial charge in [-0.25, -0.2) is 9.38 Å². The van der Waals surface area contributed by atoms with Gasteiger partial charge in [-0.1, -0.05) is 30.3 Å². The Morgan fingerprint density at radius 2 is 1.76 bits per heavy atom. The molecule has 1 fully saturated rings. The van der Waals surface area contributed by atoms with E-state index < -0.39 is 0 Å². The highest BCUT2D eigenvalue weighted by Gasteiger charge is 2.28. The number of amidine groups is 1. The largest absolute Gasteiger partial charge is 0.380 e. The first-order valence-corrected chi connectivity index (χ1v) is 8.66. The van der Waals surface area contributed by atoms with Gasteiger partial charge in [-0.3, -0.25) is 4.79 Å². The van der Waals surface area contributed by atoms with Crippen LogP contribution in [0.2, 0.25) is 0 Å². The quantitative estimate of drug-likeness (QED) is 0.911. The molecule has 4 rings (SSSR count). The van der Waals surface area contributed by atoms with Crippen LogP contribution in [0.5, 0.6) is 0 Å². The lowest BCUT2D eigenvalue weighted by Crippen LogP contribution is -2.46. The van der Waals surface area contributed by atoms with Crippen molar-refractivity contribution in [3.63, 3.8) is 0 Å². The number of likely N-dealkylation sites (tertiary alicyclic amines) is 1. The molecule has 0 unspecified atom stereocenters. The van der Waals surface area contributed by atoms with Crippen LogP contribution in [-0.2, 0) is 11.2 Å². The summed E-state index contributed by atoms with van der Waals surface area (Å²) in [6.45, 7) is 1.50. The highest BCUT2D eigenvalue weighted by Crippen LogP contribution is 2.26. The summed E-state index contributed by atoms with van der Waals surface area (Å²) in [5, 5.41) is 3.27. The molecule has 128 valence electrons. The third-order valence-corrected chi connectivity index (χ3v) is 4.85. The summed E-state index contributed by atoms with van der Waals surface area (Å²) >= 11 is 0. The number of ketones is 1. The zero-order chi connectivity index (χ0) is 17.2. The van der Waals surface area contributed by atoms with Crippen molar-refractivity contribution < 1.29 is 9.18 Å². The molecule has 0 bridgehead atoms. The Bertz CT molecular complexity index is 825. The molecule has 0 amide bonds. The number of benzene rings is 2. The van der Waals surface area contributed by atoms with Crippen LogP contribution < -0.4 is 5.32 Å². The lowest BCUT2D eigenvalue weighted by Gasteiger charge is -2.35. The molecular weight excluding hydrogens is 317 g/mol. The maximum atomic E-state index is 13.8. The van der Waals surface area contributed by atoms with Crippen LogP contribution in [0.1, 0.15) is 18.4 Å². The number of fused-ring (bicyclic) bond motifs is 1. The summed E-state index contributed by atoms with van der Waals surface area (Å²) in [5.41, 5.74) is 2.43. The third-order valence-electron chi connectivity index (χ3n) is 4.85. The fraction of sp³-hybridized carbons (Fsp3) is 0.300. The van der Waals surface area contributed by atoms with E-state index in [4.69, 9.17) is 0 Å². The molecule has 0 aromatic heterocycles. The number of carbonyl (C=O) groups is 1. The number of para-hydroxylation sites is 2. The van der Waals surface area contributed by atoms with Crippen molar-refractivity contribution in [1.82, 2.24) is 4.90 Å². The summed E-state index contributed by atoms with van der Waals surface area (Å²) < 4.78 is 13.8. The van der Waals surface area contributed by atoms with Gasteiger partial charge in [-0.05, 0) is 36.6 Å². The Morgan fingerprint density at radius 1 is 1.04 bits per heavy atom. The number of nitrogens with zero attached hydrogens (tertiary/aromatic N) is 2. The van der Waals surface area contributed by atoms with E-state index in [2.05, 4.69) is 15.2 Å². The number of hydrogen-bond acceptors (Lipinski definition) is 4. The highest BCUT2D eigenvalue weighted by atomic mass is 19.1. The average molecular weight is 337 g/mol. The normalized spacial score (nSPS) is 17.9. The SMILES string of the molecule is O=C1Cc2ccccc2N=C1N1CCC(Nc2ccccc2F)CC1. The molecule has 5 heteroatoms. The second-order valence-corrected chi connectivity index (χ2v) is 6.55. The number of anilines is 1. The molecule has 0 spiro atoms. The van der Waals surface area contributed by atoms with Crippen molar-refractivity contribution in [2.45, 2.75) is 25.3 Å². The van der Waals surface area contributed by atoms with Crippen LogP contribution in [0, 0.1) is 5.82 Å².